The van der Waals surface area contributed by atoms with Crippen molar-refractivity contribution in [2.45, 2.75) is 24.7 Å². The van der Waals surface area contributed by atoms with Gasteiger partial charge in [-0.1, -0.05) is 28.7 Å². The number of aliphatic hydroxyl groups is 2. The molecule has 106 valence electrons. The summed E-state index contributed by atoms with van der Waals surface area (Å²) in [5.41, 5.74) is 6.85. The van der Waals surface area contributed by atoms with Gasteiger partial charge in [0.2, 0.25) is 0 Å². The number of hydrogen-bond donors (Lipinski definition) is 3. The van der Waals surface area contributed by atoms with E-state index in [1.807, 2.05) is 10.2 Å². The molecule has 2 aromatic heterocycles. The van der Waals surface area contributed by atoms with Crippen LogP contribution in [0.3, 0.4) is 0 Å². The fourth-order valence-corrected chi connectivity index (χ4v) is 3.25. The van der Waals surface area contributed by atoms with Gasteiger partial charge in [-0.05, 0) is 10.5 Å². The van der Waals surface area contributed by atoms with Crippen LogP contribution >= 0.6 is 22.6 Å². The number of rotatable bonds is 2. The van der Waals surface area contributed by atoms with Gasteiger partial charge in [-0.15, -0.1) is 0 Å². The summed E-state index contributed by atoms with van der Waals surface area (Å²) in [7, 11) is 0. The maximum Gasteiger partial charge on any atom is 0.165 e. The van der Waals surface area contributed by atoms with Crippen LogP contribution in [-0.4, -0.2) is 41.9 Å². The van der Waals surface area contributed by atoms with Crippen LogP contribution in [0.1, 0.15) is 12.5 Å². The summed E-state index contributed by atoms with van der Waals surface area (Å²) in [4.78, 5) is 12.3. The Balaban J connectivity index is 2.02. The quantitative estimate of drug-likeness (QED) is 0.653. The largest absolute Gasteiger partial charge is 0.390 e. The Labute approximate surface area is 128 Å². The van der Waals surface area contributed by atoms with Crippen LogP contribution < -0.4 is 5.73 Å². The second-order valence-corrected chi connectivity index (χ2v) is 5.57. The molecule has 1 aliphatic carbocycles. The van der Waals surface area contributed by atoms with Gasteiger partial charge in [-0.2, -0.15) is 0 Å². The average Bonchev–Trinajstić information content (AvgIpc) is 2.97. The first-order valence-corrected chi connectivity index (χ1v) is 7.44. The van der Waals surface area contributed by atoms with Crippen molar-refractivity contribution in [1.82, 2.24) is 19.5 Å². The second kappa shape index (κ2) is 5.26. The molecule has 4 N–H and O–H groups in total. The molecule has 0 aromatic carbocycles. The average molecular weight is 387 g/mol. The molecule has 8 heteroatoms. The summed E-state index contributed by atoms with van der Waals surface area (Å²) in [5, 5.41) is 20.3. The zero-order valence-corrected chi connectivity index (χ0v) is 12.6. The SMILES string of the molecule is Nc1ncnc2c1ncn2[C@@H]1C[C@H](/C=C/I)[C@@H](O)[C@H]1O. The molecular formula is C12H14IN5O2. The molecule has 1 saturated carbocycles. The van der Waals surface area contributed by atoms with E-state index in [9.17, 15) is 10.2 Å². The van der Waals surface area contributed by atoms with Gasteiger partial charge in [0, 0.05) is 5.92 Å². The second-order valence-electron chi connectivity index (χ2n) is 4.85. The number of aromatic nitrogens is 4. The topological polar surface area (TPSA) is 110 Å². The Hall–Kier alpha value is -1.26. The van der Waals surface area contributed by atoms with Crippen molar-refractivity contribution in [2.24, 2.45) is 5.92 Å². The number of nitrogens with two attached hydrogens (primary N) is 1. The number of nitrogen functional groups attached to an aromatic ring is 1. The number of halogens is 1. The van der Waals surface area contributed by atoms with Crippen LogP contribution in [0.25, 0.3) is 11.2 Å². The minimum absolute atomic E-state index is 0.0801. The molecule has 0 saturated heterocycles. The summed E-state index contributed by atoms with van der Waals surface area (Å²) in [6.45, 7) is 0. The van der Waals surface area contributed by atoms with Crippen molar-refractivity contribution in [3.05, 3.63) is 22.8 Å². The Bertz CT molecular complexity index is 658. The Morgan fingerprint density at radius 1 is 1.30 bits per heavy atom. The van der Waals surface area contributed by atoms with Crippen molar-refractivity contribution in [1.29, 1.82) is 0 Å². The lowest BCUT2D eigenvalue weighted by molar-refractivity contribution is 0.0137. The van der Waals surface area contributed by atoms with E-state index in [-0.39, 0.29) is 12.0 Å². The normalized spacial score (nSPS) is 30.6. The standard InChI is InChI=1S/C12H14IN5O2/c13-2-1-6-3-7(10(20)9(6)19)18-5-17-8-11(14)15-4-16-12(8)18/h1-2,4-7,9-10,19-20H,3H2,(H2,14,15,16)/b2-1+/t6-,7+,9+,10-/m0/s1. The molecule has 0 unspecified atom stereocenters. The highest BCUT2D eigenvalue weighted by molar-refractivity contribution is 14.1. The molecule has 1 aliphatic rings. The molecule has 0 aliphatic heterocycles. The lowest BCUT2D eigenvalue weighted by Gasteiger charge is -2.18. The lowest BCUT2D eigenvalue weighted by atomic mass is 10.1. The first-order valence-electron chi connectivity index (χ1n) is 6.19. The van der Waals surface area contributed by atoms with Gasteiger partial charge in [-0.25, -0.2) is 15.0 Å². The molecule has 0 radical (unpaired) electrons. The van der Waals surface area contributed by atoms with Gasteiger partial charge in [0.15, 0.2) is 11.5 Å². The van der Waals surface area contributed by atoms with Crippen LogP contribution in [0.5, 0.6) is 0 Å². The van der Waals surface area contributed by atoms with E-state index < -0.39 is 12.2 Å². The van der Waals surface area contributed by atoms with E-state index in [0.29, 0.717) is 23.4 Å². The van der Waals surface area contributed by atoms with E-state index in [1.165, 1.54) is 6.33 Å². The number of fused-ring (bicyclic) bond motifs is 1. The smallest absolute Gasteiger partial charge is 0.165 e. The Morgan fingerprint density at radius 2 is 2.10 bits per heavy atom. The molecule has 3 rings (SSSR count). The van der Waals surface area contributed by atoms with Crippen molar-refractivity contribution in [3.8, 4) is 0 Å². The Morgan fingerprint density at radius 3 is 2.85 bits per heavy atom. The third-order valence-electron chi connectivity index (χ3n) is 3.76. The summed E-state index contributed by atoms with van der Waals surface area (Å²) in [6.07, 6.45) is 3.83. The maximum absolute atomic E-state index is 10.2. The molecule has 0 spiro atoms. The first kappa shape index (κ1) is 13.7. The van der Waals surface area contributed by atoms with E-state index in [2.05, 4.69) is 37.5 Å². The Kier molecular flexibility index (Phi) is 3.61. The van der Waals surface area contributed by atoms with Crippen molar-refractivity contribution >= 4 is 39.6 Å². The van der Waals surface area contributed by atoms with Gasteiger partial charge in [-0.3, -0.25) is 0 Å². The van der Waals surface area contributed by atoms with Gasteiger partial charge >= 0.3 is 0 Å². The van der Waals surface area contributed by atoms with Gasteiger partial charge < -0.3 is 20.5 Å². The number of nitrogens with zero attached hydrogens (tertiary/aromatic N) is 4. The lowest BCUT2D eigenvalue weighted by Crippen LogP contribution is -2.29. The fourth-order valence-electron chi connectivity index (χ4n) is 2.72. The predicted molar refractivity (Wildman–Crippen MR) is 82.1 cm³/mol. The van der Waals surface area contributed by atoms with E-state index in [1.54, 1.807) is 10.9 Å². The summed E-state index contributed by atoms with van der Waals surface area (Å²) < 4.78 is 3.62. The van der Waals surface area contributed by atoms with Crippen molar-refractivity contribution < 1.29 is 10.2 Å². The summed E-state index contributed by atoms with van der Waals surface area (Å²) >= 11 is 2.10. The summed E-state index contributed by atoms with van der Waals surface area (Å²) in [5.74, 6) is 0.231. The zero-order valence-electron chi connectivity index (χ0n) is 10.5. The van der Waals surface area contributed by atoms with E-state index in [4.69, 9.17) is 5.73 Å². The molecule has 2 aromatic rings. The van der Waals surface area contributed by atoms with Crippen LogP contribution in [-0.2, 0) is 0 Å². The number of imidazole rings is 1. The zero-order chi connectivity index (χ0) is 14.3. The van der Waals surface area contributed by atoms with Gasteiger partial charge in [0.25, 0.3) is 0 Å². The third-order valence-corrected chi connectivity index (χ3v) is 4.18. The molecule has 20 heavy (non-hydrogen) atoms. The first-order chi connectivity index (χ1) is 9.63. The molecule has 4 atom stereocenters. The van der Waals surface area contributed by atoms with Crippen molar-refractivity contribution in [3.63, 3.8) is 0 Å². The molecule has 0 bridgehead atoms. The van der Waals surface area contributed by atoms with E-state index in [0.717, 1.165) is 0 Å². The minimum Gasteiger partial charge on any atom is -0.390 e. The number of aliphatic hydroxyl groups excluding tert-OH is 2. The molecule has 0 amide bonds. The van der Waals surface area contributed by atoms with Crippen molar-refractivity contribution in [2.75, 3.05) is 5.73 Å². The van der Waals surface area contributed by atoms with Crippen LogP contribution in [0.4, 0.5) is 5.82 Å². The maximum atomic E-state index is 10.2. The minimum atomic E-state index is -0.860. The highest BCUT2D eigenvalue weighted by Gasteiger charge is 2.41. The van der Waals surface area contributed by atoms with Crippen LogP contribution in [0, 0.1) is 5.92 Å². The monoisotopic (exact) mass is 387 g/mol. The molecule has 2 heterocycles. The predicted octanol–water partition coefficient (Wildman–Crippen LogP) is 0.640. The van der Waals surface area contributed by atoms with Crippen LogP contribution in [0.2, 0.25) is 0 Å². The highest BCUT2D eigenvalue weighted by Crippen LogP contribution is 2.37. The molecular weight excluding hydrogens is 373 g/mol. The number of hydrogen-bond acceptors (Lipinski definition) is 6. The van der Waals surface area contributed by atoms with Gasteiger partial charge in [0.1, 0.15) is 17.9 Å². The highest BCUT2D eigenvalue weighted by atomic mass is 127. The van der Waals surface area contributed by atoms with Crippen LogP contribution in [0.15, 0.2) is 22.8 Å². The number of anilines is 1. The fraction of sp³-hybridized carbons (Fsp3) is 0.417. The van der Waals surface area contributed by atoms with E-state index >= 15 is 0 Å². The van der Waals surface area contributed by atoms with Gasteiger partial charge in [0.05, 0.1) is 18.5 Å². The summed E-state index contributed by atoms with van der Waals surface area (Å²) in [6, 6.07) is -0.276. The molecule has 7 nitrogen and oxygen atoms in total. The molecule has 1 fully saturated rings. The third kappa shape index (κ3) is 2.07.